The van der Waals surface area contributed by atoms with E-state index in [1.54, 1.807) is 0 Å². The molecule has 0 amide bonds. The standard InChI is InChI=1S/C31H39NO5/c1-20-13-15-23(16-14-20)29-32-27(22(3)36-29)19-35-26-12-8-11-25(17-26)34-18-24-10-7-9-21(2)28(24)30(33)37-31(4,5)6/h7,9-10,13-16,25-26H,8,11-12,17-19H2,1-6H3/t25?,26-/m0/s1. The molecular weight excluding hydrogens is 466 g/mol. The van der Waals surface area contributed by atoms with Crippen molar-refractivity contribution in [2.75, 3.05) is 0 Å². The normalized spacial score (nSPS) is 18.1. The van der Waals surface area contributed by atoms with Gasteiger partial charge in [-0.15, -0.1) is 0 Å². The van der Waals surface area contributed by atoms with Crippen LogP contribution in [0.2, 0.25) is 0 Å². The molecule has 6 heteroatoms. The van der Waals surface area contributed by atoms with E-state index < -0.39 is 5.60 Å². The van der Waals surface area contributed by atoms with E-state index in [4.69, 9.17) is 18.6 Å². The summed E-state index contributed by atoms with van der Waals surface area (Å²) in [5.74, 6) is 1.11. The first kappa shape index (κ1) is 27.1. The number of oxazole rings is 1. The second-order valence-corrected chi connectivity index (χ2v) is 11.0. The van der Waals surface area contributed by atoms with Crippen LogP contribution in [0.15, 0.2) is 46.9 Å². The lowest BCUT2D eigenvalue weighted by Gasteiger charge is -2.29. The Bertz CT molecular complexity index is 1210. The molecular formula is C31H39NO5. The minimum absolute atomic E-state index is 0.0762. The van der Waals surface area contributed by atoms with E-state index >= 15 is 0 Å². The molecule has 0 saturated heterocycles. The van der Waals surface area contributed by atoms with Gasteiger partial charge in [0, 0.05) is 5.56 Å². The average Bonchev–Trinajstić information content (AvgIpc) is 3.21. The Morgan fingerprint density at radius 3 is 2.32 bits per heavy atom. The number of carbonyl (C=O) groups excluding carboxylic acids is 1. The van der Waals surface area contributed by atoms with E-state index in [9.17, 15) is 4.79 Å². The molecule has 198 valence electrons. The Morgan fingerprint density at radius 1 is 0.973 bits per heavy atom. The fourth-order valence-electron chi connectivity index (χ4n) is 4.66. The Balaban J connectivity index is 1.33. The van der Waals surface area contributed by atoms with Crippen LogP contribution in [0.3, 0.4) is 0 Å². The van der Waals surface area contributed by atoms with Gasteiger partial charge in [-0.1, -0.05) is 35.9 Å². The van der Waals surface area contributed by atoms with E-state index in [-0.39, 0.29) is 18.2 Å². The van der Waals surface area contributed by atoms with Crippen molar-refractivity contribution in [2.24, 2.45) is 0 Å². The molecule has 1 aliphatic carbocycles. The summed E-state index contributed by atoms with van der Waals surface area (Å²) >= 11 is 0. The van der Waals surface area contributed by atoms with Gasteiger partial charge in [0.1, 0.15) is 17.1 Å². The highest BCUT2D eigenvalue weighted by Gasteiger charge is 2.26. The van der Waals surface area contributed by atoms with Crippen molar-refractivity contribution in [1.29, 1.82) is 0 Å². The Morgan fingerprint density at radius 2 is 1.65 bits per heavy atom. The SMILES string of the molecule is Cc1ccc(-c2nc(CO[C@H]3CCCC(OCc4cccc(C)c4C(=O)OC(C)(C)C)C3)c(C)o2)cc1. The molecule has 2 aromatic carbocycles. The number of hydrogen-bond donors (Lipinski definition) is 0. The van der Waals surface area contributed by atoms with Crippen LogP contribution in [0.4, 0.5) is 0 Å². The topological polar surface area (TPSA) is 70.8 Å². The molecule has 1 saturated carbocycles. The number of esters is 1. The first-order valence-corrected chi connectivity index (χ1v) is 13.2. The zero-order valence-corrected chi connectivity index (χ0v) is 22.9. The zero-order valence-electron chi connectivity index (χ0n) is 22.9. The third kappa shape index (κ3) is 7.30. The highest BCUT2D eigenvalue weighted by Crippen LogP contribution is 2.28. The van der Waals surface area contributed by atoms with Crippen LogP contribution in [0, 0.1) is 20.8 Å². The Kier molecular flexibility index (Phi) is 8.50. The number of carbonyl (C=O) groups is 1. The molecule has 3 aromatic rings. The average molecular weight is 506 g/mol. The lowest BCUT2D eigenvalue weighted by atomic mass is 9.94. The van der Waals surface area contributed by atoms with Crippen LogP contribution in [0.5, 0.6) is 0 Å². The first-order chi connectivity index (χ1) is 17.6. The lowest BCUT2D eigenvalue weighted by molar-refractivity contribution is -0.0565. The number of ether oxygens (including phenoxy) is 3. The van der Waals surface area contributed by atoms with Crippen molar-refractivity contribution in [2.45, 2.75) is 98.2 Å². The summed E-state index contributed by atoms with van der Waals surface area (Å²) in [4.78, 5) is 17.5. The van der Waals surface area contributed by atoms with Gasteiger partial charge in [-0.2, -0.15) is 0 Å². The van der Waals surface area contributed by atoms with Crippen LogP contribution < -0.4 is 0 Å². The van der Waals surface area contributed by atoms with Crippen molar-refractivity contribution in [3.05, 3.63) is 76.2 Å². The summed E-state index contributed by atoms with van der Waals surface area (Å²) in [5.41, 5.74) is 4.81. The van der Waals surface area contributed by atoms with E-state index in [0.717, 1.165) is 53.8 Å². The summed E-state index contributed by atoms with van der Waals surface area (Å²) in [7, 11) is 0. The van der Waals surface area contributed by atoms with Gasteiger partial charge in [0.15, 0.2) is 0 Å². The number of benzene rings is 2. The molecule has 0 spiro atoms. The summed E-state index contributed by atoms with van der Waals surface area (Å²) in [6.07, 6.45) is 4.00. The summed E-state index contributed by atoms with van der Waals surface area (Å²) in [6, 6.07) is 14.0. The van der Waals surface area contributed by atoms with Gasteiger partial charge in [0.25, 0.3) is 0 Å². The molecule has 1 heterocycles. The summed E-state index contributed by atoms with van der Waals surface area (Å²) in [6.45, 7) is 12.4. The maximum absolute atomic E-state index is 12.8. The molecule has 0 aliphatic heterocycles. The van der Waals surface area contributed by atoms with E-state index in [1.807, 2.05) is 65.0 Å². The largest absolute Gasteiger partial charge is 0.456 e. The van der Waals surface area contributed by atoms with Gasteiger partial charge in [0.05, 0.1) is 31.0 Å². The minimum atomic E-state index is -0.547. The van der Waals surface area contributed by atoms with Gasteiger partial charge in [0.2, 0.25) is 5.89 Å². The number of aryl methyl sites for hydroxylation is 3. The molecule has 2 atom stereocenters. The van der Waals surface area contributed by atoms with Gasteiger partial charge in [-0.05, 0) is 90.5 Å². The predicted molar refractivity (Wildman–Crippen MR) is 143 cm³/mol. The Hall–Kier alpha value is -2.96. The number of hydrogen-bond acceptors (Lipinski definition) is 6. The van der Waals surface area contributed by atoms with Crippen LogP contribution in [0.1, 0.15) is 85.0 Å². The monoisotopic (exact) mass is 505 g/mol. The van der Waals surface area contributed by atoms with E-state index in [1.165, 1.54) is 5.56 Å². The first-order valence-electron chi connectivity index (χ1n) is 13.2. The quantitative estimate of drug-likeness (QED) is 0.300. The number of rotatable bonds is 8. The zero-order chi connectivity index (χ0) is 26.6. The maximum atomic E-state index is 12.8. The van der Waals surface area contributed by atoms with Gasteiger partial charge in [-0.25, -0.2) is 9.78 Å². The molecule has 4 rings (SSSR count). The minimum Gasteiger partial charge on any atom is -0.456 e. The second-order valence-electron chi connectivity index (χ2n) is 11.0. The molecule has 1 aromatic heterocycles. The Labute approximate surface area is 220 Å². The lowest BCUT2D eigenvalue weighted by Crippen LogP contribution is -2.29. The molecule has 1 fully saturated rings. The van der Waals surface area contributed by atoms with Crippen LogP contribution in [-0.2, 0) is 27.4 Å². The van der Waals surface area contributed by atoms with Crippen molar-refractivity contribution in [1.82, 2.24) is 4.98 Å². The number of nitrogens with zero attached hydrogens (tertiary/aromatic N) is 1. The van der Waals surface area contributed by atoms with E-state index in [0.29, 0.717) is 24.7 Å². The van der Waals surface area contributed by atoms with Crippen LogP contribution >= 0.6 is 0 Å². The van der Waals surface area contributed by atoms with Crippen molar-refractivity contribution in [3.8, 4) is 11.5 Å². The maximum Gasteiger partial charge on any atom is 0.339 e. The van der Waals surface area contributed by atoms with Crippen molar-refractivity contribution in [3.63, 3.8) is 0 Å². The molecule has 0 bridgehead atoms. The van der Waals surface area contributed by atoms with E-state index in [2.05, 4.69) is 24.0 Å². The third-order valence-corrected chi connectivity index (χ3v) is 6.66. The van der Waals surface area contributed by atoms with Gasteiger partial charge in [-0.3, -0.25) is 0 Å². The summed E-state index contributed by atoms with van der Waals surface area (Å²) in [5, 5.41) is 0. The highest BCUT2D eigenvalue weighted by molar-refractivity contribution is 5.93. The molecule has 0 radical (unpaired) electrons. The molecule has 0 N–H and O–H groups in total. The predicted octanol–water partition coefficient (Wildman–Crippen LogP) is 7.27. The van der Waals surface area contributed by atoms with Gasteiger partial charge >= 0.3 is 5.97 Å². The number of aromatic nitrogens is 1. The van der Waals surface area contributed by atoms with Crippen LogP contribution in [-0.4, -0.2) is 28.8 Å². The third-order valence-electron chi connectivity index (χ3n) is 6.66. The van der Waals surface area contributed by atoms with Crippen molar-refractivity contribution >= 4 is 5.97 Å². The fourth-order valence-corrected chi connectivity index (χ4v) is 4.66. The molecule has 6 nitrogen and oxygen atoms in total. The second kappa shape index (κ2) is 11.6. The van der Waals surface area contributed by atoms with Gasteiger partial charge < -0.3 is 18.6 Å². The highest BCUT2D eigenvalue weighted by atomic mass is 16.6. The molecule has 37 heavy (non-hydrogen) atoms. The fraction of sp³-hybridized carbons (Fsp3) is 0.484. The molecule has 1 unspecified atom stereocenters. The summed E-state index contributed by atoms with van der Waals surface area (Å²) < 4.78 is 24.1. The molecule has 1 aliphatic rings. The van der Waals surface area contributed by atoms with Crippen molar-refractivity contribution < 1.29 is 23.4 Å². The van der Waals surface area contributed by atoms with Crippen LogP contribution in [0.25, 0.3) is 11.5 Å². The smallest absolute Gasteiger partial charge is 0.339 e.